The fourth-order valence-corrected chi connectivity index (χ4v) is 3.54. The maximum absolute atomic E-state index is 6.55. The Morgan fingerprint density at radius 1 is 0.621 bits per heavy atom. The van der Waals surface area contributed by atoms with Gasteiger partial charge in [0.15, 0.2) is 0 Å². The second kappa shape index (κ2) is 14.0. The standard InChI is InChI=1S/C24H32O4.Li.H/c1-3-9-22(10-4-1)19-24(20-23-11-5-2-6-12-23)21-27-15-7-13-25-17-18-26-14-8-16-28-24;;/h1-6,9-12H,7-8,13-21H2;;/q;+1;-1. The van der Waals surface area contributed by atoms with Gasteiger partial charge in [-0.05, 0) is 24.0 Å². The molecule has 0 N–H and O–H groups in total. The van der Waals surface area contributed by atoms with Crippen LogP contribution < -0.4 is 18.9 Å². The van der Waals surface area contributed by atoms with Crippen molar-refractivity contribution in [1.82, 2.24) is 0 Å². The molecule has 0 atom stereocenters. The van der Waals surface area contributed by atoms with Gasteiger partial charge in [-0.2, -0.15) is 0 Å². The summed E-state index contributed by atoms with van der Waals surface area (Å²) in [7, 11) is 0. The van der Waals surface area contributed by atoms with Gasteiger partial charge in [0, 0.05) is 39.3 Å². The van der Waals surface area contributed by atoms with Gasteiger partial charge in [0.2, 0.25) is 0 Å². The van der Waals surface area contributed by atoms with Gasteiger partial charge in [0.25, 0.3) is 0 Å². The normalized spacial score (nSPS) is 18.9. The Balaban J connectivity index is 0.00000225. The van der Waals surface area contributed by atoms with E-state index in [0.717, 1.165) is 25.7 Å². The van der Waals surface area contributed by atoms with Gasteiger partial charge < -0.3 is 20.4 Å². The number of hydrogen-bond donors (Lipinski definition) is 0. The van der Waals surface area contributed by atoms with Crippen molar-refractivity contribution in [2.75, 3.05) is 46.2 Å². The molecule has 0 aliphatic carbocycles. The third kappa shape index (κ3) is 9.05. The Morgan fingerprint density at radius 3 is 1.66 bits per heavy atom. The first-order valence-corrected chi connectivity index (χ1v) is 10.3. The zero-order valence-corrected chi connectivity index (χ0v) is 17.7. The van der Waals surface area contributed by atoms with E-state index in [-0.39, 0.29) is 20.3 Å². The smallest absolute Gasteiger partial charge is 1.00 e. The van der Waals surface area contributed by atoms with E-state index >= 15 is 0 Å². The van der Waals surface area contributed by atoms with E-state index in [2.05, 4.69) is 60.7 Å². The van der Waals surface area contributed by atoms with Crippen LogP contribution >= 0.6 is 0 Å². The van der Waals surface area contributed by atoms with Gasteiger partial charge in [-0.1, -0.05) is 60.7 Å². The first kappa shape index (κ1) is 24.1. The molecule has 4 nitrogen and oxygen atoms in total. The summed E-state index contributed by atoms with van der Waals surface area (Å²) in [6.45, 7) is 4.58. The van der Waals surface area contributed by atoms with Gasteiger partial charge in [0.05, 0.1) is 25.4 Å². The Kier molecular flexibility index (Phi) is 11.6. The van der Waals surface area contributed by atoms with Crippen LogP contribution in [-0.4, -0.2) is 51.8 Å². The van der Waals surface area contributed by atoms with E-state index in [1.165, 1.54) is 11.1 Å². The summed E-state index contributed by atoms with van der Waals surface area (Å²) in [5.74, 6) is 0. The number of rotatable bonds is 4. The summed E-state index contributed by atoms with van der Waals surface area (Å²) < 4.78 is 23.9. The van der Waals surface area contributed by atoms with Crippen LogP contribution in [0.1, 0.15) is 25.4 Å². The molecule has 0 saturated carbocycles. The van der Waals surface area contributed by atoms with Gasteiger partial charge in [-0.3, -0.25) is 0 Å². The maximum Gasteiger partial charge on any atom is 1.00 e. The van der Waals surface area contributed by atoms with Gasteiger partial charge in [-0.25, -0.2) is 0 Å². The largest absolute Gasteiger partial charge is 1.00 e. The Bertz CT molecular complexity index is 599. The molecule has 29 heavy (non-hydrogen) atoms. The van der Waals surface area contributed by atoms with Crippen LogP contribution in [0.15, 0.2) is 60.7 Å². The fraction of sp³-hybridized carbons (Fsp3) is 0.500. The molecule has 0 bridgehead atoms. The van der Waals surface area contributed by atoms with E-state index < -0.39 is 5.60 Å². The molecule has 0 unspecified atom stereocenters. The minimum absolute atomic E-state index is 0. The summed E-state index contributed by atoms with van der Waals surface area (Å²) >= 11 is 0. The SMILES string of the molecule is [H-].[Li+].c1ccc(CC2(Cc3ccccc3)COCCCOCCOCCCO2)cc1. The Morgan fingerprint density at radius 2 is 1.10 bits per heavy atom. The van der Waals surface area contributed by atoms with Crippen molar-refractivity contribution < 1.29 is 39.2 Å². The van der Waals surface area contributed by atoms with E-state index in [4.69, 9.17) is 18.9 Å². The zero-order valence-electron chi connectivity index (χ0n) is 18.7. The predicted molar refractivity (Wildman–Crippen MR) is 112 cm³/mol. The van der Waals surface area contributed by atoms with Crippen LogP contribution in [0.25, 0.3) is 0 Å². The van der Waals surface area contributed by atoms with Gasteiger partial charge in [0.1, 0.15) is 0 Å². The Hall–Kier alpha value is -1.12. The fourth-order valence-electron chi connectivity index (χ4n) is 3.54. The molecule has 1 saturated heterocycles. The van der Waals surface area contributed by atoms with E-state index in [0.29, 0.717) is 46.2 Å². The monoisotopic (exact) mass is 392 g/mol. The number of ether oxygens (including phenoxy) is 4. The molecule has 3 rings (SSSR count). The average molecular weight is 392 g/mol. The second-order valence-corrected chi connectivity index (χ2v) is 7.34. The van der Waals surface area contributed by atoms with Crippen molar-refractivity contribution in [2.24, 2.45) is 0 Å². The number of hydrogen-bond acceptors (Lipinski definition) is 4. The van der Waals surface area contributed by atoms with Crippen molar-refractivity contribution in [2.45, 2.75) is 31.3 Å². The van der Waals surface area contributed by atoms with Crippen molar-refractivity contribution in [3.63, 3.8) is 0 Å². The van der Waals surface area contributed by atoms with Crippen molar-refractivity contribution in [3.05, 3.63) is 71.8 Å². The van der Waals surface area contributed by atoms with Crippen LogP contribution in [-0.2, 0) is 31.8 Å². The van der Waals surface area contributed by atoms with Crippen molar-refractivity contribution in [3.8, 4) is 0 Å². The van der Waals surface area contributed by atoms with Crippen molar-refractivity contribution >= 4 is 0 Å². The summed E-state index contributed by atoms with van der Waals surface area (Å²) in [5.41, 5.74) is 2.14. The molecule has 0 spiro atoms. The molecule has 0 amide bonds. The molecule has 1 aliphatic rings. The first-order valence-electron chi connectivity index (χ1n) is 10.3. The van der Waals surface area contributed by atoms with Crippen LogP contribution in [0.4, 0.5) is 0 Å². The molecular weight excluding hydrogens is 359 g/mol. The van der Waals surface area contributed by atoms with Crippen LogP contribution in [0, 0.1) is 0 Å². The average Bonchev–Trinajstić information content (AvgIpc) is 2.73. The predicted octanol–water partition coefficient (Wildman–Crippen LogP) is 1.19. The topological polar surface area (TPSA) is 36.9 Å². The minimum Gasteiger partial charge on any atom is -1.00 e. The molecule has 154 valence electrons. The Labute approximate surface area is 188 Å². The molecule has 1 aliphatic heterocycles. The molecule has 2 aromatic rings. The molecular formula is C24H33LiO4. The maximum atomic E-state index is 6.55. The van der Waals surface area contributed by atoms with E-state index in [1.807, 2.05) is 0 Å². The van der Waals surface area contributed by atoms with E-state index in [9.17, 15) is 0 Å². The molecule has 1 heterocycles. The van der Waals surface area contributed by atoms with Gasteiger partial charge >= 0.3 is 18.9 Å². The minimum atomic E-state index is -0.395. The van der Waals surface area contributed by atoms with Crippen LogP contribution in [0.5, 0.6) is 0 Å². The van der Waals surface area contributed by atoms with Crippen LogP contribution in [0.2, 0.25) is 0 Å². The molecule has 0 radical (unpaired) electrons. The third-order valence-electron chi connectivity index (χ3n) is 4.89. The summed E-state index contributed by atoms with van der Waals surface area (Å²) in [5, 5.41) is 0. The zero-order chi connectivity index (χ0) is 19.3. The summed E-state index contributed by atoms with van der Waals surface area (Å²) in [4.78, 5) is 0. The molecule has 0 aromatic heterocycles. The molecule has 5 heteroatoms. The van der Waals surface area contributed by atoms with E-state index in [1.54, 1.807) is 0 Å². The second-order valence-electron chi connectivity index (χ2n) is 7.34. The first-order chi connectivity index (χ1) is 13.9. The summed E-state index contributed by atoms with van der Waals surface area (Å²) in [6, 6.07) is 21.1. The van der Waals surface area contributed by atoms with Crippen molar-refractivity contribution in [1.29, 1.82) is 0 Å². The molecule has 1 fully saturated rings. The quantitative estimate of drug-likeness (QED) is 0.733. The van der Waals surface area contributed by atoms with Crippen LogP contribution in [0.3, 0.4) is 0 Å². The molecule has 2 aromatic carbocycles. The van der Waals surface area contributed by atoms with Gasteiger partial charge in [-0.15, -0.1) is 0 Å². The summed E-state index contributed by atoms with van der Waals surface area (Å²) in [6.07, 6.45) is 3.39. The third-order valence-corrected chi connectivity index (χ3v) is 4.89. The number of benzene rings is 2.